The molecule has 0 bridgehead atoms. The quantitative estimate of drug-likeness (QED) is 0.323. The van der Waals surface area contributed by atoms with Gasteiger partial charge in [0.25, 0.3) is 5.69 Å². The van der Waals surface area contributed by atoms with E-state index < -0.39 is 17.5 Å². The molecule has 0 atom stereocenters. The molecule has 0 spiro atoms. The Hall–Kier alpha value is -2.74. The number of non-ortho nitro benzene ring substituents is 1. The zero-order valence-corrected chi connectivity index (χ0v) is 14.1. The number of hydrogen-bond donors (Lipinski definition) is 0. The summed E-state index contributed by atoms with van der Waals surface area (Å²) in [6.45, 7) is -0.480. The van der Waals surface area contributed by atoms with Crippen molar-refractivity contribution in [1.82, 2.24) is 0 Å². The van der Waals surface area contributed by atoms with Gasteiger partial charge >= 0.3 is 5.97 Å². The lowest BCUT2D eigenvalue weighted by atomic mass is 10.1. The van der Waals surface area contributed by atoms with Crippen LogP contribution in [0.15, 0.2) is 46.9 Å². The largest absolute Gasteiger partial charge is 0.496 e. The Kier molecular flexibility index (Phi) is 5.64. The number of ketones is 1. The van der Waals surface area contributed by atoms with Crippen molar-refractivity contribution in [3.05, 3.63) is 68.2 Å². The Bertz CT molecular complexity index is 788. The molecular formula is C16H12BrNO6. The van der Waals surface area contributed by atoms with E-state index in [1.165, 1.54) is 19.2 Å². The predicted octanol–water partition coefficient (Wildman–Crippen LogP) is 3.41. The molecule has 2 aromatic rings. The van der Waals surface area contributed by atoms with Crippen LogP contribution < -0.4 is 4.74 Å². The number of esters is 1. The highest BCUT2D eigenvalue weighted by Gasteiger charge is 2.20. The van der Waals surface area contributed by atoms with Gasteiger partial charge in [-0.25, -0.2) is 4.79 Å². The van der Waals surface area contributed by atoms with Gasteiger partial charge < -0.3 is 9.47 Å². The molecule has 0 amide bonds. The third-order valence-electron chi connectivity index (χ3n) is 3.11. The molecule has 0 heterocycles. The smallest absolute Gasteiger partial charge is 0.342 e. The molecule has 8 heteroatoms. The molecule has 24 heavy (non-hydrogen) atoms. The maximum atomic E-state index is 12.1. The highest BCUT2D eigenvalue weighted by atomic mass is 79.9. The van der Waals surface area contributed by atoms with Crippen LogP contribution >= 0.6 is 15.9 Å². The van der Waals surface area contributed by atoms with Crippen LogP contribution in [0.3, 0.4) is 0 Å². The van der Waals surface area contributed by atoms with Gasteiger partial charge in [0.05, 0.1) is 12.0 Å². The number of hydrogen-bond acceptors (Lipinski definition) is 6. The second-order valence-electron chi connectivity index (χ2n) is 4.65. The molecule has 0 unspecified atom stereocenters. The number of carbonyl (C=O) groups excluding carboxylic acids is 2. The summed E-state index contributed by atoms with van der Waals surface area (Å²) >= 11 is 3.26. The SMILES string of the molecule is COc1ccc([N+](=O)[O-])cc1C(=O)OCC(=O)c1ccc(Br)cc1. The predicted molar refractivity (Wildman–Crippen MR) is 88.4 cm³/mol. The van der Waals surface area contributed by atoms with Crippen molar-refractivity contribution in [3.8, 4) is 5.75 Å². The molecule has 0 saturated carbocycles. The number of Topliss-reactive ketones (excluding diaryl/α,β-unsaturated/α-hetero) is 1. The summed E-state index contributed by atoms with van der Waals surface area (Å²) in [5.41, 5.74) is -0.00528. The van der Waals surface area contributed by atoms with E-state index in [-0.39, 0.29) is 22.8 Å². The van der Waals surface area contributed by atoms with Crippen LogP contribution in [0, 0.1) is 10.1 Å². The van der Waals surface area contributed by atoms with Crippen LogP contribution in [0.25, 0.3) is 0 Å². The molecule has 0 aliphatic rings. The first-order valence-electron chi connectivity index (χ1n) is 6.70. The maximum absolute atomic E-state index is 12.1. The van der Waals surface area contributed by atoms with Gasteiger partial charge in [0.15, 0.2) is 12.4 Å². The summed E-state index contributed by atoms with van der Waals surface area (Å²) in [5.74, 6) is -1.14. The zero-order chi connectivity index (χ0) is 17.7. The molecular weight excluding hydrogens is 382 g/mol. The number of methoxy groups -OCH3 is 1. The van der Waals surface area contributed by atoms with Gasteiger partial charge in [-0.05, 0) is 18.2 Å². The Morgan fingerprint density at radius 2 is 1.83 bits per heavy atom. The second kappa shape index (κ2) is 7.69. The highest BCUT2D eigenvalue weighted by molar-refractivity contribution is 9.10. The summed E-state index contributed by atoms with van der Waals surface area (Å²) in [7, 11) is 1.32. The normalized spacial score (nSPS) is 10.1. The van der Waals surface area contributed by atoms with E-state index in [1.807, 2.05) is 0 Å². The van der Waals surface area contributed by atoms with Gasteiger partial charge in [-0.3, -0.25) is 14.9 Å². The number of nitrogens with zero attached hydrogens (tertiary/aromatic N) is 1. The van der Waals surface area contributed by atoms with Gasteiger partial charge in [0, 0.05) is 22.2 Å². The fourth-order valence-corrected chi connectivity index (χ4v) is 2.16. The summed E-state index contributed by atoms with van der Waals surface area (Å²) in [6, 6.07) is 10.1. The molecule has 2 rings (SSSR count). The molecule has 124 valence electrons. The number of carbonyl (C=O) groups is 2. The molecule has 0 fully saturated rings. The third-order valence-corrected chi connectivity index (χ3v) is 3.64. The summed E-state index contributed by atoms with van der Waals surface area (Å²) in [6.07, 6.45) is 0. The summed E-state index contributed by atoms with van der Waals surface area (Å²) < 4.78 is 10.8. The van der Waals surface area contributed by atoms with E-state index in [1.54, 1.807) is 24.3 Å². The van der Waals surface area contributed by atoms with Crippen LogP contribution in [-0.2, 0) is 4.74 Å². The Morgan fingerprint density at radius 3 is 2.42 bits per heavy atom. The minimum absolute atomic E-state index is 0.115. The maximum Gasteiger partial charge on any atom is 0.342 e. The molecule has 0 radical (unpaired) electrons. The lowest BCUT2D eigenvalue weighted by Gasteiger charge is -2.08. The van der Waals surface area contributed by atoms with Crippen molar-refractivity contribution in [1.29, 1.82) is 0 Å². The van der Waals surface area contributed by atoms with E-state index in [4.69, 9.17) is 9.47 Å². The highest BCUT2D eigenvalue weighted by Crippen LogP contribution is 2.24. The van der Waals surface area contributed by atoms with Crippen molar-refractivity contribution in [2.24, 2.45) is 0 Å². The summed E-state index contributed by atoms with van der Waals surface area (Å²) in [5, 5.41) is 10.8. The second-order valence-corrected chi connectivity index (χ2v) is 5.56. The molecule has 0 aliphatic heterocycles. The van der Waals surface area contributed by atoms with Gasteiger partial charge in [-0.1, -0.05) is 28.1 Å². The number of nitro groups is 1. The number of nitro benzene ring substituents is 1. The summed E-state index contributed by atoms with van der Waals surface area (Å²) in [4.78, 5) is 34.3. The minimum atomic E-state index is -0.874. The average molecular weight is 394 g/mol. The van der Waals surface area contributed by atoms with Crippen LogP contribution in [0.1, 0.15) is 20.7 Å². The number of halogens is 1. The zero-order valence-electron chi connectivity index (χ0n) is 12.5. The Labute approximate surface area is 145 Å². The average Bonchev–Trinajstić information content (AvgIpc) is 2.59. The minimum Gasteiger partial charge on any atom is -0.496 e. The number of rotatable bonds is 6. The molecule has 0 aliphatic carbocycles. The van der Waals surface area contributed by atoms with Gasteiger partial charge in [0.2, 0.25) is 0 Å². The fraction of sp³-hybridized carbons (Fsp3) is 0.125. The van der Waals surface area contributed by atoms with Gasteiger partial charge in [0.1, 0.15) is 11.3 Å². The van der Waals surface area contributed by atoms with Crippen LogP contribution in [0.4, 0.5) is 5.69 Å². The topological polar surface area (TPSA) is 95.7 Å². The van der Waals surface area contributed by atoms with Crippen molar-refractivity contribution in [3.63, 3.8) is 0 Å². The first-order chi connectivity index (χ1) is 11.4. The van der Waals surface area contributed by atoms with E-state index >= 15 is 0 Å². The van der Waals surface area contributed by atoms with Crippen molar-refractivity contribution >= 4 is 33.4 Å². The van der Waals surface area contributed by atoms with Crippen LogP contribution in [0.5, 0.6) is 5.75 Å². The molecule has 2 aromatic carbocycles. The lowest BCUT2D eigenvalue weighted by molar-refractivity contribution is -0.384. The van der Waals surface area contributed by atoms with E-state index in [0.29, 0.717) is 5.56 Å². The standard InChI is InChI=1S/C16H12BrNO6/c1-23-15-7-6-12(18(21)22)8-13(15)16(20)24-9-14(19)10-2-4-11(17)5-3-10/h2-8H,9H2,1H3. The van der Waals surface area contributed by atoms with Gasteiger partial charge in [-0.15, -0.1) is 0 Å². The molecule has 0 N–H and O–H groups in total. The van der Waals surface area contributed by atoms with E-state index in [2.05, 4.69) is 15.9 Å². The number of ether oxygens (including phenoxy) is 2. The van der Waals surface area contributed by atoms with E-state index in [9.17, 15) is 19.7 Å². The Morgan fingerprint density at radius 1 is 1.17 bits per heavy atom. The van der Waals surface area contributed by atoms with Crippen molar-refractivity contribution in [2.75, 3.05) is 13.7 Å². The third kappa shape index (κ3) is 4.17. The first kappa shape index (κ1) is 17.6. The number of benzene rings is 2. The van der Waals surface area contributed by atoms with Gasteiger partial charge in [-0.2, -0.15) is 0 Å². The van der Waals surface area contributed by atoms with Crippen LogP contribution in [0.2, 0.25) is 0 Å². The lowest BCUT2D eigenvalue weighted by Crippen LogP contribution is -2.15. The van der Waals surface area contributed by atoms with Crippen molar-refractivity contribution < 1.29 is 24.0 Å². The Balaban J connectivity index is 2.11. The molecule has 0 aromatic heterocycles. The van der Waals surface area contributed by atoms with Crippen molar-refractivity contribution in [2.45, 2.75) is 0 Å². The monoisotopic (exact) mass is 393 g/mol. The fourth-order valence-electron chi connectivity index (χ4n) is 1.90. The van der Waals surface area contributed by atoms with E-state index in [0.717, 1.165) is 10.5 Å². The van der Waals surface area contributed by atoms with Crippen LogP contribution in [-0.4, -0.2) is 30.4 Å². The first-order valence-corrected chi connectivity index (χ1v) is 7.50. The molecule has 0 saturated heterocycles. The molecule has 7 nitrogen and oxygen atoms in total.